The Balaban J connectivity index is 0.000000326. The van der Waals surface area contributed by atoms with Crippen LogP contribution in [-0.2, 0) is 23.8 Å². The SMILES string of the molecule is C=NC(=N)c1cccc2c1-c1cc(C(N)=Nc3c(Cc4cccc(C5=CC=CCC5)c4)sc4ccccc34)ccc1C21c2ccccc2C(C)(C)c2ccccc21.C=NCc1ccccc1.Cc1ccccc1. The third kappa shape index (κ3) is 9.15. The first-order valence-electron chi connectivity index (χ1n) is 25.0. The van der Waals surface area contributed by atoms with Gasteiger partial charge in [-0.15, -0.1) is 11.3 Å². The van der Waals surface area contributed by atoms with Crippen molar-refractivity contribution in [2.45, 2.75) is 57.4 Å². The number of hydrogen-bond acceptors (Lipinski definition) is 4. The van der Waals surface area contributed by atoms with E-state index in [1.807, 2.05) is 54.6 Å². The van der Waals surface area contributed by atoms with Gasteiger partial charge < -0.3 is 5.73 Å². The first-order valence-corrected chi connectivity index (χ1v) is 25.8. The molecule has 0 atom stereocenters. The van der Waals surface area contributed by atoms with Crippen LogP contribution in [0.1, 0.15) is 98.3 Å². The summed E-state index contributed by atoms with van der Waals surface area (Å²) < 4.78 is 1.19. The summed E-state index contributed by atoms with van der Waals surface area (Å²) in [6.07, 6.45) is 9.53. The summed E-state index contributed by atoms with van der Waals surface area (Å²) in [5, 5.41) is 10.1. The van der Waals surface area contributed by atoms with Crippen LogP contribution in [0.5, 0.6) is 0 Å². The zero-order valence-electron chi connectivity index (χ0n) is 41.8. The van der Waals surface area contributed by atoms with Crippen molar-refractivity contribution in [2.75, 3.05) is 0 Å². The second-order valence-corrected chi connectivity index (χ2v) is 20.5. The molecule has 12 rings (SSSR count). The third-order valence-electron chi connectivity index (χ3n) is 14.5. The van der Waals surface area contributed by atoms with E-state index >= 15 is 0 Å². The first-order chi connectivity index (χ1) is 35.6. The fourth-order valence-corrected chi connectivity index (χ4v) is 12.2. The Morgan fingerprint density at radius 3 is 1.95 bits per heavy atom. The molecule has 0 aliphatic heterocycles. The molecule has 8 aromatic carbocycles. The average Bonchev–Trinajstić information content (AvgIpc) is 3.93. The third-order valence-corrected chi connectivity index (χ3v) is 15.7. The lowest BCUT2D eigenvalue weighted by molar-refractivity contribution is 0.563. The van der Waals surface area contributed by atoms with Gasteiger partial charge in [-0.2, -0.15) is 0 Å². The number of rotatable bonds is 8. The van der Waals surface area contributed by atoms with Gasteiger partial charge in [-0.25, -0.2) is 9.98 Å². The van der Waals surface area contributed by atoms with Gasteiger partial charge in [-0.1, -0.05) is 220 Å². The van der Waals surface area contributed by atoms with Crippen LogP contribution in [0.4, 0.5) is 5.69 Å². The second-order valence-electron chi connectivity index (χ2n) is 19.4. The maximum atomic E-state index is 8.99. The minimum absolute atomic E-state index is 0.147. The highest BCUT2D eigenvalue weighted by Crippen LogP contribution is 2.62. The number of allylic oxidation sites excluding steroid dienone is 4. The van der Waals surface area contributed by atoms with Gasteiger partial charge in [0.1, 0.15) is 5.84 Å². The van der Waals surface area contributed by atoms with Gasteiger partial charge in [0.2, 0.25) is 0 Å². The molecule has 0 radical (unpaired) electrons. The Morgan fingerprint density at radius 1 is 0.658 bits per heavy atom. The molecule has 0 fully saturated rings. The standard InChI is InChI=1S/C52H42N4S.C8H9N.C7H8/c1-51(2)40-21-8-10-23-42(40)52(43-24-11-9-22-41(43)51)39-28-27-35(31-38(39)47-37(50(54)55-3)20-14-25-44(47)52)49(53)56-48-36-19-7-12-26-45(36)57-46(48)30-32-15-13-18-34(29-32)33-16-5-4-6-17-33;1-9-7-8-5-3-2-4-6-8;1-7-5-3-2-4-6-7/h4-5,7-16,18-29,31,54H,3,6,17,30H2,1-2H3,(H2,53,56);2-6H,1,7H2;2-6H,1H3. The van der Waals surface area contributed by atoms with Crippen LogP contribution in [0.2, 0.25) is 0 Å². The second kappa shape index (κ2) is 20.8. The van der Waals surface area contributed by atoms with Crippen LogP contribution in [0.15, 0.2) is 227 Å². The molecule has 73 heavy (non-hydrogen) atoms. The van der Waals surface area contributed by atoms with Crippen LogP contribution in [-0.4, -0.2) is 25.1 Å². The van der Waals surface area contributed by atoms with E-state index in [-0.39, 0.29) is 11.3 Å². The predicted molar refractivity (Wildman–Crippen MR) is 311 cm³/mol. The summed E-state index contributed by atoms with van der Waals surface area (Å²) >= 11 is 1.79. The molecule has 9 aromatic rings. The zero-order valence-corrected chi connectivity index (χ0v) is 42.6. The number of fused-ring (bicyclic) bond motifs is 10. The number of benzene rings is 8. The van der Waals surface area contributed by atoms with Gasteiger partial charge in [0.25, 0.3) is 0 Å². The van der Waals surface area contributed by atoms with Crippen LogP contribution in [0.25, 0.3) is 26.8 Å². The smallest absolute Gasteiger partial charge is 0.151 e. The van der Waals surface area contributed by atoms with Gasteiger partial charge in [0, 0.05) is 37.9 Å². The number of nitrogens with one attached hydrogen (secondary N) is 1. The van der Waals surface area contributed by atoms with Gasteiger partial charge in [0.05, 0.1) is 17.6 Å². The summed E-state index contributed by atoms with van der Waals surface area (Å²) in [6.45, 7) is 14.6. The predicted octanol–water partition coefficient (Wildman–Crippen LogP) is 16.2. The number of amidine groups is 2. The summed E-state index contributed by atoms with van der Waals surface area (Å²) in [5.74, 6) is 0.604. The van der Waals surface area contributed by atoms with Crippen LogP contribution in [0.3, 0.4) is 0 Å². The molecule has 0 saturated heterocycles. The van der Waals surface area contributed by atoms with Gasteiger partial charge in [-0.05, 0) is 112 Å². The molecular formula is C67H59N5S. The molecule has 0 bridgehead atoms. The molecule has 358 valence electrons. The van der Waals surface area contributed by atoms with E-state index in [0.717, 1.165) is 64.7 Å². The number of aliphatic imine (C=N–C) groups is 3. The molecule has 3 N–H and O–H groups in total. The van der Waals surface area contributed by atoms with E-state index in [2.05, 4.69) is 202 Å². The van der Waals surface area contributed by atoms with E-state index in [1.54, 1.807) is 11.3 Å². The van der Waals surface area contributed by atoms with Crippen LogP contribution >= 0.6 is 11.3 Å². The quantitative estimate of drug-likeness (QED) is 0.115. The lowest BCUT2D eigenvalue weighted by Crippen LogP contribution is -2.40. The summed E-state index contributed by atoms with van der Waals surface area (Å²) in [7, 11) is 0. The van der Waals surface area contributed by atoms with Gasteiger partial charge in [-0.3, -0.25) is 10.4 Å². The fourth-order valence-electron chi connectivity index (χ4n) is 11.1. The molecule has 0 saturated carbocycles. The van der Waals surface area contributed by atoms with Crippen molar-refractivity contribution < 1.29 is 0 Å². The van der Waals surface area contributed by atoms with E-state index in [4.69, 9.17) is 16.1 Å². The van der Waals surface area contributed by atoms with Crippen LogP contribution < -0.4 is 5.73 Å². The monoisotopic (exact) mass is 965 g/mol. The molecule has 0 unspecified atom stereocenters. The Labute approximate surface area is 434 Å². The number of nitrogens with zero attached hydrogens (tertiary/aromatic N) is 3. The molecule has 3 aliphatic carbocycles. The van der Waals surface area contributed by atoms with Crippen molar-refractivity contribution in [2.24, 2.45) is 20.7 Å². The normalized spacial score (nSPS) is 14.2. The van der Waals surface area contributed by atoms with E-state index in [0.29, 0.717) is 5.84 Å². The van der Waals surface area contributed by atoms with Crippen molar-refractivity contribution >= 4 is 57.8 Å². The highest BCUT2D eigenvalue weighted by atomic mass is 32.1. The number of aryl methyl sites for hydroxylation is 1. The molecule has 1 aromatic heterocycles. The maximum absolute atomic E-state index is 8.99. The molecule has 5 nitrogen and oxygen atoms in total. The fraction of sp³-hybridized carbons (Fsp3) is 0.134. The average molecular weight is 966 g/mol. The number of nitrogens with two attached hydrogens (primary N) is 1. The van der Waals surface area contributed by atoms with E-state index in [1.165, 1.54) is 65.2 Å². The van der Waals surface area contributed by atoms with Crippen molar-refractivity contribution in [3.05, 3.63) is 284 Å². The zero-order chi connectivity index (χ0) is 50.5. The lowest BCUT2D eigenvalue weighted by Gasteiger charge is -2.46. The minimum Gasteiger partial charge on any atom is -0.383 e. The van der Waals surface area contributed by atoms with Crippen molar-refractivity contribution in [1.82, 2.24) is 0 Å². The lowest BCUT2D eigenvalue weighted by atomic mass is 9.55. The van der Waals surface area contributed by atoms with Crippen molar-refractivity contribution in [1.29, 1.82) is 5.41 Å². The first kappa shape index (κ1) is 48.3. The molecule has 3 aliphatic rings. The Kier molecular flexibility index (Phi) is 13.8. The van der Waals surface area contributed by atoms with Gasteiger partial charge >= 0.3 is 0 Å². The summed E-state index contributed by atoms with van der Waals surface area (Å²) in [4.78, 5) is 14.4. The molecule has 1 heterocycles. The summed E-state index contributed by atoms with van der Waals surface area (Å²) in [6, 6.07) is 68.4. The highest BCUT2D eigenvalue weighted by molar-refractivity contribution is 7.19. The number of thiophene rings is 1. The molecule has 6 heteroatoms. The van der Waals surface area contributed by atoms with Crippen molar-refractivity contribution in [3.8, 4) is 11.1 Å². The Bertz CT molecular complexity index is 3580. The number of hydrogen-bond donors (Lipinski definition) is 2. The van der Waals surface area contributed by atoms with E-state index in [9.17, 15) is 0 Å². The largest absolute Gasteiger partial charge is 0.383 e. The summed E-state index contributed by atoms with van der Waals surface area (Å²) in [5.41, 5.74) is 24.7. The topological polar surface area (TPSA) is 87.0 Å². The Hall–Kier alpha value is -8.32. The van der Waals surface area contributed by atoms with Crippen LogP contribution in [0, 0.1) is 12.3 Å². The van der Waals surface area contributed by atoms with Gasteiger partial charge in [0.15, 0.2) is 5.84 Å². The molecule has 0 amide bonds. The maximum Gasteiger partial charge on any atom is 0.151 e. The molecule has 1 spiro atoms. The highest BCUT2D eigenvalue weighted by Gasteiger charge is 2.53. The van der Waals surface area contributed by atoms with E-state index < -0.39 is 5.41 Å². The Morgan fingerprint density at radius 2 is 1.29 bits per heavy atom. The molecular weight excluding hydrogens is 907 g/mol. The minimum atomic E-state index is -0.607. The van der Waals surface area contributed by atoms with Crippen molar-refractivity contribution in [3.63, 3.8) is 0 Å².